The largest absolute Gasteiger partial charge is 0.475 e. The van der Waals surface area contributed by atoms with E-state index in [1.165, 1.54) is 0 Å². The molecule has 6 heteroatoms. The number of alkyl halides is 1. The third kappa shape index (κ3) is 2.64. The van der Waals surface area contributed by atoms with Crippen molar-refractivity contribution >= 4 is 27.9 Å². The van der Waals surface area contributed by atoms with E-state index in [4.69, 9.17) is 16.3 Å². The Morgan fingerprint density at radius 3 is 2.75 bits per heavy atom. The molecule has 3 rings (SSSR count). The second kappa shape index (κ2) is 5.42. The molecule has 4 nitrogen and oxygen atoms in total. The fourth-order valence-electron chi connectivity index (χ4n) is 1.87. The van der Waals surface area contributed by atoms with Gasteiger partial charge in [0.1, 0.15) is 10.8 Å². The van der Waals surface area contributed by atoms with Gasteiger partial charge in [0, 0.05) is 5.56 Å². The van der Waals surface area contributed by atoms with E-state index >= 15 is 0 Å². The Hall–Kier alpha value is -1.59. The molecule has 0 N–H and O–H groups in total. The summed E-state index contributed by atoms with van der Waals surface area (Å²) in [6, 6.07) is 7.78. The van der Waals surface area contributed by atoms with Crippen molar-refractivity contribution in [2.45, 2.75) is 25.8 Å². The molecule has 0 aliphatic heterocycles. The summed E-state index contributed by atoms with van der Waals surface area (Å²) in [6.07, 6.45) is 2.71. The molecule has 2 heterocycles. The first-order chi connectivity index (χ1) is 9.65. The first-order valence-corrected chi connectivity index (χ1v) is 7.65. The average Bonchev–Trinajstić information content (AvgIpc) is 2.96. The number of aromatic nitrogens is 3. The van der Waals surface area contributed by atoms with Gasteiger partial charge in [-0.25, -0.2) is 9.50 Å². The fourth-order valence-corrected chi connectivity index (χ4v) is 2.70. The number of halogens is 1. The minimum absolute atomic E-state index is 0.286. The second-order valence-corrected chi connectivity index (χ2v) is 6.08. The van der Waals surface area contributed by atoms with Gasteiger partial charge in [-0.05, 0) is 37.6 Å². The van der Waals surface area contributed by atoms with Crippen molar-refractivity contribution in [3.8, 4) is 17.0 Å². The second-order valence-electron chi connectivity index (χ2n) is 4.43. The number of imidazole rings is 1. The standard InChI is InChI=1S/C14H14ClN3OS/c1-3-13(15)19-11-6-4-10(5-7-11)12-8-18-14(16-12)20-9(2)17-18/h4-8,13H,3H2,1-2H3. The van der Waals surface area contributed by atoms with Gasteiger partial charge in [0.25, 0.3) is 0 Å². The fraction of sp³-hybridized carbons (Fsp3) is 0.286. The molecule has 0 spiro atoms. The van der Waals surface area contributed by atoms with Crippen molar-refractivity contribution < 1.29 is 4.74 Å². The summed E-state index contributed by atoms with van der Waals surface area (Å²) < 4.78 is 7.35. The minimum Gasteiger partial charge on any atom is -0.475 e. The zero-order valence-electron chi connectivity index (χ0n) is 11.2. The Kier molecular flexibility index (Phi) is 3.63. The molecule has 1 atom stereocenters. The van der Waals surface area contributed by atoms with Crippen molar-refractivity contribution in [2.75, 3.05) is 0 Å². The first kappa shape index (κ1) is 13.4. The maximum absolute atomic E-state index is 5.97. The number of benzene rings is 1. The van der Waals surface area contributed by atoms with Crippen LogP contribution in [0.2, 0.25) is 0 Å². The molecule has 0 aliphatic carbocycles. The summed E-state index contributed by atoms with van der Waals surface area (Å²) in [5, 5.41) is 5.37. The smallest absolute Gasteiger partial charge is 0.212 e. The van der Waals surface area contributed by atoms with Crippen LogP contribution in [-0.2, 0) is 0 Å². The monoisotopic (exact) mass is 307 g/mol. The number of aryl methyl sites for hydroxylation is 1. The average molecular weight is 308 g/mol. The normalized spacial score (nSPS) is 12.8. The SMILES string of the molecule is CCC(Cl)Oc1ccc(-c2cn3nc(C)sc3n2)cc1. The van der Waals surface area contributed by atoms with Gasteiger partial charge in [0.05, 0.1) is 11.9 Å². The van der Waals surface area contributed by atoms with Gasteiger partial charge < -0.3 is 4.74 Å². The zero-order chi connectivity index (χ0) is 14.1. The summed E-state index contributed by atoms with van der Waals surface area (Å²) >= 11 is 7.55. The summed E-state index contributed by atoms with van der Waals surface area (Å²) in [4.78, 5) is 5.47. The van der Waals surface area contributed by atoms with Crippen molar-refractivity contribution in [3.05, 3.63) is 35.5 Å². The molecule has 0 bridgehead atoms. The maximum Gasteiger partial charge on any atom is 0.212 e. The number of hydrogen-bond acceptors (Lipinski definition) is 4. The van der Waals surface area contributed by atoms with Crippen LogP contribution in [0.5, 0.6) is 5.75 Å². The molecule has 0 saturated carbocycles. The van der Waals surface area contributed by atoms with E-state index in [1.54, 1.807) is 11.3 Å². The lowest BCUT2D eigenvalue weighted by Gasteiger charge is -2.10. The summed E-state index contributed by atoms with van der Waals surface area (Å²) in [7, 11) is 0. The lowest BCUT2D eigenvalue weighted by atomic mass is 10.2. The van der Waals surface area contributed by atoms with Crippen LogP contribution < -0.4 is 4.74 Å². The molecule has 2 aromatic heterocycles. The highest BCUT2D eigenvalue weighted by Gasteiger charge is 2.08. The first-order valence-electron chi connectivity index (χ1n) is 6.39. The Labute approximate surface area is 126 Å². The number of ether oxygens (including phenoxy) is 1. The number of fused-ring (bicyclic) bond motifs is 1. The molecule has 1 unspecified atom stereocenters. The highest BCUT2D eigenvalue weighted by Crippen LogP contribution is 2.25. The quantitative estimate of drug-likeness (QED) is 0.681. The Morgan fingerprint density at radius 2 is 2.10 bits per heavy atom. The van der Waals surface area contributed by atoms with Crippen LogP contribution in [0.4, 0.5) is 0 Å². The van der Waals surface area contributed by atoms with Gasteiger partial charge in [0.2, 0.25) is 4.96 Å². The molecule has 0 fully saturated rings. The molecular weight excluding hydrogens is 294 g/mol. The Balaban J connectivity index is 1.84. The van der Waals surface area contributed by atoms with Gasteiger partial charge in [-0.2, -0.15) is 5.10 Å². The van der Waals surface area contributed by atoms with Crippen LogP contribution in [-0.4, -0.2) is 20.2 Å². The van der Waals surface area contributed by atoms with E-state index in [9.17, 15) is 0 Å². The molecule has 0 aliphatic rings. The molecule has 1 aromatic carbocycles. The third-order valence-electron chi connectivity index (χ3n) is 2.88. The summed E-state index contributed by atoms with van der Waals surface area (Å²) in [6.45, 7) is 3.96. The van der Waals surface area contributed by atoms with Gasteiger partial charge in [-0.15, -0.1) is 0 Å². The van der Waals surface area contributed by atoms with E-state index in [0.29, 0.717) is 0 Å². The van der Waals surface area contributed by atoms with Crippen LogP contribution in [0.1, 0.15) is 18.4 Å². The zero-order valence-corrected chi connectivity index (χ0v) is 12.8. The van der Waals surface area contributed by atoms with E-state index < -0.39 is 0 Å². The lowest BCUT2D eigenvalue weighted by molar-refractivity contribution is 0.277. The molecular formula is C14H14ClN3OS. The van der Waals surface area contributed by atoms with Crippen LogP contribution >= 0.6 is 22.9 Å². The van der Waals surface area contributed by atoms with Crippen molar-refractivity contribution in [1.82, 2.24) is 14.6 Å². The van der Waals surface area contributed by atoms with Crippen molar-refractivity contribution in [2.24, 2.45) is 0 Å². The van der Waals surface area contributed by atoms with Gasteiger partial charge >= 0.3 is 0 Å². The molecule has 0 radical (unpaired) electrons. The van der Waals surface area contributed by atoms with Crippen LogP contribution in [0.3, 0.4) is 0 Å². The maximum atomic E-state index is 5.97. The Morgan fingerprint density at radius 1 is 1.35 bits per heavy atom. The molecule has 3 aromatic rings. The molecule has 0 amide bonds. The third-order valence-corrected chi connectivity index (χ3v) is 4.11. The number of rotatable bonds is 4. The predicted octanol–water partition coefficient (Wildman–Crippen LogP) is 4.12. The highest BCUT2D eigenvalue weighted by atomic mass is 35.5. The van der Waals surface area contributed by atoms with Gasteiger partial charge in [-0.3, -0.25) is 0 Å². The highest BCUT2D eigenvalue weighted by molar-refractivity contribution is 7.16. The van der Waals surface area contributed by atoms with E-state index in [-0.39, 0.29) is 5.56 Å². The molecule has 104 valence electrons. The lowest BCUT2D eigenvalue weighted by Crippen LogP contribution is -2.06. The van der Waals surface area contributed by atoms with Crippen LogP contribution in [0.15, 0.2) is 30.5 Å². The topological polar surface area (TPSA) is 39.4 Å². The summed E-state index contributed by atoms with van der Waals surface area (Å²) in [5.74, 6) is 0.769. The van der Waals surface area contributed by atoms with Crippen molar-refractivity contribution in [3.63, 3.8) is 0 Å². The summed E-state index contributed by atoms with van der Waals surface area (Å²) in [5.41, 5.74) is 1.66. The number of hydrogen-bond donors (Lipinski definition) is 0. The number of nitrogens with zero attached hydrogens (tertiary/aromatic N) is 3. The van der Waals surface area contributed by atoms with Gasteiger partial charge in [-0.1, -0.05) is 29.9 Å². The van der Waals surface area contributed by atoms with E-state index in [2.05, 4.69) is 10.1 Å². The predicted molar refractivity (Wildman–Crippen MR) is 81.6 cm³/mol. The van der Waals surface area contributed by atoms with Crippen LogP contribution in [0.25, 0.3) is 16.2 Å². The minimum atomic E-state index is -0.286. The van der Waals surface area contributed by atoms with Crippen LogP contribution in [0, 0.1) is 6.92 Å². The van der Waals surface area contributed by atoms with Crippen molar-refractivity contribution in [1.29, 1.82) is 0 Å². The van der Waals surface area contributed by atoms with E-state index in [0.717, 1.165) is 33.4 Å². The molecule has 20 heavy (non-hydrogen) atoms. The van der Waals surface area contributed by atoms with E-state index in [1.807, 2.05) is 48.8 Å². The van der Waals surface area contributed by atoms with Gasteiger partial charge in [0.15, 0.2) is 5.56 Å². The molecule has 0 saturated heterocycles. The Bertz CT molecular complexity index is 688.